The summed E-state index contributed by atoms with van der Waals surface area (Å²) in [5, 5.41) is 11.2. The molecule has 5 aromatic heterocycles. The summed E-state index contributed by atoms with van der Waals surface area (Å²) in [6.07, 6.45) is 5.71. The van der Waals surface area contributed by atoms with E-state index >= 15 is 0 Å². The summed E-state index contributed by atoms with van der Waals surface area (Å²) >= 11 is 0. The third kappa shape index (κ3) is 3.62. The van der Waals surface area contributed by atoms with Crippen molar-refractivity contribution in [2.45, 2.75) is 0 Å². The Hall–Kier alpha value is -7.18. The minimum Gasteiger partial charge on any atom is -0.421 e. The molecule has 0 unspecified atom stereocenters. The highest BCUT2D eigenvalue weighted by atomic mass is 16.4. The number of aromatic nitrogens is 5. The van der Waals surface area contributed by atoms with E-state index in [2.05, 4.69) is 108 Å². The molecule has 0 bridgehead atoms. The van der Waals surface area contributed by atoms with Gasteiger partial charge in [-0.1, -0.05) is 97.1 Å². The van der Waals surface area contributed by atoms with Crippen LogP contribution < -0.4 is 0 Å². The van der Waals surface area contributed by atoms with Crippen LogP contribution in [0.1, 0.15) is 0 Å². The monoisotopic (exact) mass is 663 g/mol. The summed E-state index contributed by atoms with van der Waals surface area (Å²) in [5.74, 6) is 0.554. The molecule has 6 nitrogen and oxygen atoms in total. The van der Waals surface area contributed by atoms with Crippen molar-refractivity contribution in [2.75, 3.05) is 0 Å². The Kier molecular flexibility index (Phi) is 5.41. The van der Waals surface area contributed by atoms with Crippen LogP contribution in [0.2, 0.25) is 0 Å². The van der Waals surface area contributed by atoms with Gasteiger partial charge in [0.2, 0.25) is 0 Å². The largest absolute Gasteiger partial charge is 0.421 e. The number of benzene rings is 5. The average molecular weight is 664 g/mol. The number of fused-ring (bicyclic) bond motifs is 15. The molecule has 240 valence electrons. The Morgan fingerprint density at radius 2 is 1.08 bits per heavy atom. The Bertz CT molecular complexity index is 3490. The lowest BCUT2D eigenvalue weighted by molar-refractivity contribution is 0.643. The summed E-state index contributed by atoms with van der Waals surface area (Å²) < 4.78 is 8.58. The Morgan fingerprint density at radius 3 is 1.98 bits per heavy atom. The van der Waals surface area contributed by atoms with Gasteiger partial charge in [0.25, 0.3) is 0 Å². The SMILES string of the molecule is c1ccc2c(c1)nc1oc3c(-c4ccc5c(c4)c4cccc6c4-c4c(ccnc4c4ccccc4c4cccnc64)c4ccccc45)nccc3n12. The number of para-hydroxylation sites is 2. The van der Waals surface area contributed by atoms with Crippen LogP contribution >= 0.6 is 0 Å². The Labute approximate surface area is 295 Å². The molecule has 10 aromatic rings. The predicted octanol–water partition coefficient (Wildman–Crippen LogP) is 11.7. The van der Waals surface area contributed by atoms with Crippen LogP contribution in [-0.2, 0) is 0 Å². The molecule has 0 spiro atoms. The van der Waals surface area contributed by atoms with Gasteiger partial charge < -0.3 is 4.42 Å². The molecule has 0 saturated carbocycles. The molecule has 2 aliphatic rings. The van der Waals surface area contributed by atoms with Crippen molar-refractivity contribution in [3.8, 4) is 22.4 Å². The van der Waals surface area contributed by atoms with Gasteiger partial charge in [-0.15, -0.1) is 0 Å². The van der Waals surface area contributed by atoms with Crippen molar-refractivity contribution in [1.29, 1.82) is 0 Å². The van der Waals surface area contributed by atoms with Gasteiger partial charge in [0.15, 0.2) is 5.58 Å². The van der Waals surface area contributed by atoms with Crippen LogP contribution in [0.4, 0.5) is 0 Å². The molecule has 0 aliphatic heterocycles. The fourth-order valence-electron chi connectivity index (χ4n) is 8.57. The number of hydrogen-bond donors (Lipinski definition) is 0. The second-order valence-corrected chi connectivity index (χ2v) is 13.4. The van der Waals surface area contributed by atoms with E-state index in [0.717, 1.165) is 104 Å². The van der Waals surface area contributed by atoms with E-state index in [0.29, 0.717) is 11.4 Å². The summed E-state index contributed by atoms with van der Waals surface area (Å²) in [6, 6.07) is 47.1. The second-order valence-electron chi connectivity index (χ2n) is 13.4. The second kappa shape index (κ2) is 10.2. The van der Waals surface area contributed by atoms with Gasteiger partial charge in [0, 0.05) is 51.4 Å². The molecule has 52 heavy (non-hydrogen) atoms. The molecule has 0 fully saturated rings. The summed E-state index contributed by atoms with van der Waals surface area (Å²) in [7, 11) is 0. The van der Waals surface area contributed by atoms with Gasteiger partial charge in [-0.05, 0) is 74.1 Å². The molecule has 5 heterocycles. The normalized spacial score (nSPS) is 12.2. The van der Waals surface area contributed by atoms with Gasteiger partial charge in [0.05, 0.1) is 27.6 Å². The zero-order valence-corrected chi connectivity index (χ0v) is 27.6. The topological polar surface area (TPSA) is 69.1 Å². The van der Waals surface area contributed by atoms with Gasteiger partial charge in [-0.25, -0.2) is 0 Å². The summed E-state index contributed by atoms with van der Waals surface area (Å²) in [4.78, 5) is 19.9. The standard InChI is InChI=1S/C46H25N5O/c1-2-10-28-27(9-1)30-19-18-26(42-45-39(21-24-48-42)51-38-17-6-5-16-37(38)50-46(51)52-45)25-36(30)31-13-7-14-35-40(31)41-32(28)20-23-49-44(41)34-12-4-3-11-29(34)33-15-8-22-47-43(33)35/h1-25H. The van der Waals surface area contributed by atoms with Crippen LogP contribution in [0.25, 0.3) is 115 Å². The van der Waals surface area contributed by atoms with Gasteiger partial charge in [-0.3, -0.25) is 19.4 Å². The number of pyridine rings is 3. The molecule has 2 aliphatic carbocycles. The third-order valence-electron chi connectivity index (χ3n) is 10.7. The first-order valence-electron chi connectivity index (χ1n) is 17.4. The summed E-state index contributed by atoms with van der Waals surface area (Å²) in [5.41, 5.74) is 9.42. The quantitative estimate of drug-likeness (QED) is 0.175. The lowest BCUT2D eigenvalue weighted by atomic mass is 9.86. The van der Waals surface area contributed by atoms with Gasteiger partial charge >= 0.3 is 5.84 Å². The first-order valence-corrected chi connectivity index (χ1v) is 17.4. The van der Waals surface area contributed by atoms with Crippen molar-refractivity contribution in [2.24, 2.45) is 0 Å². The van der Waals surface area contributed by atoms with Crippen molar-refractivity contribution in [3.05, 3.63) is 152 Å². The van der Waals surface area contributed by atoms with Crippen molar-refractivity contribution < 1.29 is 4.42 Å². The fraction of sp³-hybridized carbons (Fsp3) is 0. The first kappa shape index (κ1) is 27.6. The van der Waals surface area contributed by atoms with E-state index in [1.807, 2.05) is 48.9 Å². The molecule has 0 amide bonds. The van der Waals surface area contributed by atoms with Gasteiger partial charge in [-0.2, -0.15) is 4.98 Å². The van der Waals surface area contributed by atoms with E-state index < -0.39 is 0 Å². The van der Waals surface area contributed by atoms with Crippen LogP contribution in [0.5, 0.6) is 0 Å². The van der Waals surface area contributed by atoms with E-state index in [1.54, 1.807) is 0 Å². The van der Waals surface area contributed by atoms with Crippen molar-refractivity contribution >= 4 is 92.9 Å². The van der Waals surface area contributed by atoms with Crippen LogP contribution in [0.3, 0.4) is 0 Å². The number of imidazole rings is 1. The Balaban J connectivity index is 1.31. The molecule has 5 aromatic carbocycles. The zero-order valence-electron chi connectivity index (χ0n) is 27.6. The highest BCUT2D eigenvalue weighted by Crippen LogP contribution is 2.46. The van der Waals surface area contributed by atoms with Crippen LogP contribution in [-0.4, -0.2) is 24.3 Å². The van der Waals surface area contributed by atoms with E-state index in [-0.39, 0.29) is 0 Å². The predicted molar refractivity (Wildman–Crippen MR) is 212 cm³/mol. The van der Waals surface area contributed by atoms with E-state index in [9.17, 15) is 0 Å². The van der Waals surface area contributed by atoms with E-state index in [4.69, 9.17) is 24.4 Å². The molecule has 0 saturated heterocycles. The molecular formula is C46H25N5O. The van der Waals surface area contributed by atoms with Crippen molar-refractivity contribution in [3.63, 3.8) is 0 Å². The molecule has 0 N–H and O–H groups in total. The molecular weight excluding hydrogens is 639 g/mol. The highest BCUT2D eigenvalue weighted by molar-refractivity contribution is 6.30. The number of hydrogen-bond acceptors (Lipinski definition) is 5. The molecule has 12 rings (SSSR count). The zero-order chi connectivity index (χ0) is 33.9. The number of rotatable bonds is 1. The smallest absolute Gasteiger partial charge is 0.307 e. The molecule has 0 radical (unpaired) electrons. The maximum atomic E-state index is 6.50. The molecule has 6 heteroatoms. The van der Waals surface area contributed by atoms with E-state index in [1.165, 1.54) is 0 Å². The minimum atomic E-state index is 0.554. The maximum absolute atomic E-state index is 6.50. The first-order chi connectivity index (χ1) is 25.8. The average Bonchev–Trinajstić information content (AvgIpc) is 3.76. The minimum absolute atomic E-state index is 0.554. The number of oxazole rings is 1. The lowest BCUT2D eigenvalue weighted by Crippen LogP contribution is -1.94. The van der Waals surface area contributed by atoms with Crippen LogP contribution in [0.15, 0.2) is 156 Å². The molecule has 0 atom stereocenters. The fourth-order valence-corrected chi connectivity index (χ4v) is 8.57. The highest BCUT2D eigenvalue weighted by Gasteiger charge is 2.22. The number of nitrogens with zero attached hydrogens (tertiary/aromatic N) is 5. The Morgan fingerprint density at radius 1 is 0.423 bits per heavy atom. The third-order valence-corrected chi connectivity index (χ3v) is 10.7. The lowest BCUT2D eigenvalue weighted by Gasteiger charge is -2.18. The van der Waals surface area contributed by atoms with Gasteiger partial charge in [0.1, 0.15) is 5.69 Å². The van der Waals surface area contributed by atoms with Crippen molar-refractivity contribution in [1.82, 2.24) is 24.3 Å². The summed E-state index contributed by atoms with van der Waals surface area (Å²) in [6.45, 7) is 0. The maximum Gasteiger partial charge on any atom is 0.307 e. The van der Waals surface area contributed by atoms with Crippen LogP contribution in [0, 0.1) is 0 Å².